The standard InChI is InChI=1S/C16H20FN3O/c1-3-20(11-12-5-7-19-8-6-12)15-10-16(21-4-2)13(17)9-14(15)18/h5-10H,3-4,11,18H2,1-2H3. The van der Waals surface area contributed by atoms with E-state index in [-0.39, 0.29) is 5.75 Å². The van der Waals surface area contributed by atoms with Crippen LogP contribution in [-0.4, -0.2) is 18.1 Å². The van der Waals surface area contributed by atoms with Crippen LogP contribution in [0.3, 0.4) is 0 Å². The topological polar surface area (TPSA) is 51.4 Å². The third kappa shape index (κ3) is 3.62. The summed E-state index contributed by atoms with van der Waals surface area (Å²) in [4.78, 5) is 6.08. The summed E-state index contributed by atoms with van der Waals surface area (Å²) in [6.45, 7) is 5.70. The van der Waals surface area contributed by atoms with Gasteiger partial charge in [0.15, 0.2) is 11.6 Å². The predicted octanol–water partition coefficient (Wildman–Crippen LogP) is 3.23. The summed E-state index contributed by atoms with van der Waals surface area (Å²) >= 11 is 0. The Hall–Kier alpha value is -2.30. The molecule has 0 bridgehead atoms. The smallest absolute Gasteiger partial charge is 0.167 e. The van der Waals surface area contributed by atoms with Crippen molar-refractivity contribution in [3.8, 4) is 5.75 Å². The van der Waals surface area contributed by atoms with Gasteiger partial charge < -0.3 is 15.4 Å². The Morgan fingerprint density at radius 3 is 2.57 bits per heavy atom. The molecule has 1 aromatic carbocycles. The first-order valence-corrected chi connectivity index (χ1v) is 7.01. The second-order valence-electron chi connectivity index (χ2n) is 4.64. The lowest BCUT2D eigenvalue weighted by Crippen LogP contribution is -2.23. The van der Waals surface area contributed by atoms with Crippen LogP contribution in [-0.2, 0) is 6.54 Å². The van der Waals surface area contributed by atoms with Gasteiger partial charge in [0.05, 0.1) is 18.0 Å². The Morgan fingerprint density at radius 1 is 1.24 bits per heavy atom. The van der Waals surface area contributed by atoms with Crippen molar-refractivity contribution < 1.29 is 9.13 Å². The molecule has 2 rings (SSSR count). The second-order valence-corrected chi connectivity index (χ2v) is 4.64. The summed E-state index contributed by atoms with van der Waals surface area (Å²) in [5, 5.41) is 0. The van der Waals surface area contributed by atoms with Gasteiger partial charge in [0.2, 0.25) is 0 Å². The van der Waals surface area contributed by atoms with Crippen LogP contribution in [0.2, 0.25) is 0 Å². The highest BCUT2D eigenvalue weighted by atomic mass is 19.1. The molecule has 1 heterocycles. The zero-order valence-corrected chi connectivity index (χ0v) is 12.3. The highest BCUT2D eigenvalue weighted by Crippen LogP contribution is 2.32. The lowest BCUT2D eigenvalue weighted by molar-refractivity contribution is 0.321. The summed E-state index contributed by atoms with van der Waals surface area (Å²) in [5.74, 6) is -0.201. The second kappa shape index (κ2) is 6.92. The zero-order chi connectivity index (χ0) is 15.2. The molecule has 2 N–H and O–H groups in total. The molecule has 2 aromatic rings. The fourth-order valence-electron chi connectivity index (χ4n) is 2.17. The van der Waals surface area contributed by atoms with Crippen LogP contribution < -0.4 is 15.4 Å². The van der Waals surface area contributed by atoms with Gasteiger partial charge in [-0.25, -0.2) is 4.39 Å². The summed E-state index contributed by atoms with van der Waals surface area (Å²) in [6.07, 6.45) is 3.51. The summed E-state index contributed by atoms with van der Waals surface area (Å²) in [7, 11) is 0. The lowest BCUT2D eigenvalue weighted by atomic mass is 10.2. The lowest BCUT2D eigenvalue weighted by Gasteiger charge is -2.25. The quantitative estimate of drug-likeness (QED) is 0.830. The van der Waals surface area contributed by atoms with Crippen molar-refractivity contribution in [1.82, 2.24) is 4.98 Å². The van der Waals surface area contributed by atoms with Crippen molar-refractivity contribution in [1.29, 1.82) is 0 Å². The molecule has 0 fully saturated rings. The van der Waals surface area contributed by atoms with E-state index in [4.69, 9.17) is 10.5 Å². The van der Waals surface area contributed by atoms with Crippen molar-refractivity contribution in [2.24, 2.45) is 0 Å². The Balaban J connectivity index is 2.31. The Bertz CT molecular complexity index is 590. The van der Waals surface area contributed by atoms with Crippen molar-refractivity contribution in [3.63, 3.8) is 0 Å². The number of anilines is 2. The Labute approximate surface area is 124 Å². The van der Waals surface area contributed by atoms with Crippen LogP contribution in [0, 0.1) is 5.82 Å². The molecule has 4 nitrogen and oxygen atoms in total. The number of benzene rings is 1. The van der Waals surface area contributed by atoms with Crippen LogP contribution in [0.5, 0.6) is 5.75 Å². The zero-order valence-electron chi connectivity index (χ0n) is 12.3. The van der Waals surface area contributed by atoms with E-state index < -0.39 is 5.82 Å². The first kappa shape index (κ1) is 15.1. The highest BCUT2D eigenvalue weighted by molar-refractivity contribution is 5.70. The molecule has 5 heteroatoms. The Morgan fingerprint density at radius 2 is 1.95 bits per heavy atom. The number of hydrogen-bond donors (Lipinski definition) is 1. The van der Waals surface area contributed by atoms with E-state index in [2.05, 4.69) is 9.88 Å². The average molecular weight is 289 g/mol. The maximum Gasteiger partial charge on any atom is 0.167 e. The third-order valence-electron chi connectivity index (χ3n) is 3.23. The SMILES string of the molecule is CCOc1cc(N(CC)Cc2ccncc2)c(N)cc1F. The van der Waals surface area contributed by atoms with Crippen LogP contribution >= 0.6 is 0 Å². The number of halogens is 1. The summed E-state index contributed by atoms with van der Waals surface area (Å²) in [6, 6.07) is 6.88. The maximum absolute atomic E-state index is 13.8. The molecule has 0 atom stereocenters. The molecule has 1 aromatic heterocycles. The first-order chi connectivity index (χ1) is 10.2. The number of pyridine rings is 1. The molecule has 0 saturated carbocycles. The van der Waals surface area contributed by atoms with Crippen LogP contribution in [0.15, 0.2) is 36.7 Å². The fourth-order valence-corrected chi connectivity index (χ4v) is 2.17. The van der Waals surface area contributed by atoms with Gasteiger partial charge in [0.25, 0.3) is 0 Å². The first-order valence-electron chi connectivity index (χ1n) is 7.01. The Kier molecular flexibility index (Phi) is 4.98. The van der Waals surface area contributed by atoms with Crippen LogP contribution in [0.25, 0.3) is 0 Å². The van der Waals surface area contributed by atoms with E-state index in [9.17, 15) is 4.39 Å². The number of ether oxygens (including phenoxy) is 1. The van der Waals surface area contributed by atoms with Gasteiger partial charge in [-0.05, 0) is 31.5 Å². The van der Waals surface area contributed by atoms with Gasteiger partial charge in [-0.2, -0.15) is 0 Å². The van der Waals surface area contributed by atoms with Crippen molar-refractivity contribution >= 4 is 11.4 Å². The minimum Gasteiger partial charge on any atom is -0.491 e. The molecular weight excluding hydrogens is 269 g/mol. The number of hydrogen-bond acceptors (Lipinski definition) is 4. The van der Waals surface area contributed by atoms with E-state index in [0.29, 0.717) is 18.8 Å². The molecule has 0 amide bonds. The number of rotatable bonds is 6. The van der Waals surface area contributed by atoms with Crippen LogP contribution in [0.1, 0.15) is 19.4 Å². The molecule has 0 unspecified atom stereocenters. The van der Waals surface area contributed by atoms with Gasteiger partial charge in [-0.15, -0.1) is 0 Å². The van der Waals surface area contributed by atoms with E-state index in [0.717, 1.165) is 17.8 Å². The molecule has 0 saturated heterocycles. The summed E-state index contributed by atoms with van der Waals surface area (Å²) < 4.78 is 19.1. The van der Waals surface area contributed by atoms with E-state index in [1.165, 1.54) is 6.07 Å². The number of nitrogens with two attached hydrogens (primary N) is 1. The average Bonchev–Trinajstić information content (AvgIpc) is 2.49. The molecule has 21 heavy (non-hydrogen) atoms. The van der Waals surface area contributed by atoms with Gasteiger partial charge in [0, 0.05) is 37.6 Å². The van der Waals surface area contributed by atoms with Gasteiger partial charge >= 0.3 is 0 Å². The minimum atomic E-state index is -0.432. The molecule has 0 aliphatic carbocycles. The fraction of sp³-hybridized carbons (Fsp3) is 0.312. The molecular formula is C16H20FN3O. The molecule has 0 radical (unpaired) electrons. The largest absolute Gasteiger partial charge is 0.491 e. The molecule has 0 aliphatic heterocycles. The number of aromatic nitrogens is 1. The van der Waals surface area contributed by atoms with Crippen molar-refractivity contribution in [2.75, 3.05) is 23.8 Å². The highest BCUT2D eigenvalue weighted by Gasteiger charge is 2.14. The van der Waals surface area contributed by atoms with E-state index in [1.807, 2.05) is 26.0 Å². The normalized spacial score (nSPS) is 10.4. The minimum absolute atomic E-state index is 0.231. The van der Waals surface area contributed by atoms with E-state index in [1.54, 1.807) is 18.5 Å². The molecule has 0 spiro atoms. The van der Waals surface area contributed by atoms with Gasteiger partial charge in [-0.3, -0.25) is 4.98 Å². The van der Waals surface area contributed by atoms with E-state index >= 15 is 0 Å². The molecule has 112 valence electrons. The summed E-state index contributed by atoms with van der Waals surface area (Å²) in [5.41, 5.74) is 8.27. The van der Waals surface area contributed by atoms with Crippen molar-refractivity contribution in [2.45, 2.75) is 20.4 Å². The number of nitrogens with zero attached hydrogens (tertiary/aromatic N) is 2. The van der Waals surface area contributed by atoms with Crippen LogP contribution in [0.4, 0.5) is 15.8 Å². The third-order valence-corrected chi connectivity index (χ3v) is 3.23. The maximum atomic E-state index is 13.8. The predicted molar refractivity (Wildman–Crippen MR) is 82.9 cm³/mol. The molecule has 0 aliphatic rings. The van der Waals surface area contributed by atoms with Crippen molar-refractivity contribution in [3.05, 3.63) is 48.0 Å². The number of nitrogen functional groups attached to an aromatic ring is 1. The monoisotopic (exact) mass is 289 g/mol. The van der Waals surface area contributed by atoms with Gasteiger partial charge in [-0.1, -0.05) is 0 Å². The van der Waals surface area contributed by atoms with Gasteiger partial charge in [0.1, 0.15) is 0 Å².